The van der Waals surface area contributed by atoms with Gasteiger partial charge in [0.1, 0.15) is 0 Å². The van der Waals surface area contributed by atoms with Gasteiger partial charge >= 0.3 is 5.97 Å². The molecule has 0 radical (unpaired) electrons. The second kappa shape index (κ2) is 9.32. The summed E-state index contributed by atoms with van der Waals surface area (Å²) >= 11 is 1.31. The standard InChI is InChI=1S/C21H22N2O4S/c24-19(15-8-4-3-5-9-15)22-12-6-1-2-7-13-23-20(25)17-11-10-16(21(26)27)14-18(17)28-23/h3-5,8-11,14H,1-2,6-7,12-13H2,(H,22,24)(H,26,27). The molecule has 0 bridgehead atoms. The summed E-state index contributed by atoms with van der Waals surface area (Å²) in [5, 5.41) is 12.5. The van der Waals surface area contributed by atoms with Gasteiger partial charge in [-0.05, 0) is 43.2 Å². The molecule has 1 heterocycles. The van der Waals surface area contributed by atoms with E-state index < -0.39 is 5.97 Å². The summed E-state index contributed by atoms with van der Waals surface area (Å²) in [6.45, 7) is 1.26. The lowest BCUT2D eigenvalue weighted by Crippen LogP contribution is -2.24. The zero-order valence-electron chi connectivity index (χ0n) is 15.4. The highest BCUT2D eigenvalue weighted by atomic mass is 32.1. The molecule has 3 rings (SSSR count). The fourth-order valence-corrected chi connectivity index (χ4v) is 4.05. The number of benzene rings is 2. The topological polar surface area (TPSA) is 88.4 Å². The molecule has 0 aliphatic heterocycles. The van der Waals surface area contributed by atoms with E-state index in [2.05, 4.69) is 5.32 Å². The SMILES string of the molecule is O=C(O)c1ccc2c(=O)n(CCCCCCNC(=O)c3ccccc3)sc2c1. The summed E-state index contributed by atoms with van der Waals surface area (Å²) in [6, 6.07) is 13.7. The van der Waals surface area contributed by atoms with Crippen LogP contribution in [0, 0.1) is 0 Å². The average Bonchev–Trinajstić information content (AvgIpc) is 3.02. The third kappa shape index (κ3) is 4.86. The van der Waals surface area contributed by atoms with Crippen LogP contribution in [0.1, 0.15) is 46.4 Å². The van der Waals surface area contributed by atoms with E-state index in [0.29, 0.717) is 28.7 Å². The lowest BCUT2D eigenvalue weighted by molar-refractivity contribution is 0.0696. The molecule has 7 heteroatoms. The van der Waals surface area contributed by atoms with Crippen molar-refractivity contribution in [1.29, 1.82) is 0 Å². The minimum atomic E-state index is -0.992. The van der Waals surface area contributed by atoms with E-state index >= 15 is 0 Å². The molecule has 3 aromatic rings. The molecule has 0 aliphatic carbocycles. The molecule has 0 aliphatic rings. The maximum atomic E-state index is 12.4. The number of hydrogen-bond donors (Lipinski definition) is 2. The van der Waals surface area contributed by atoms with Crippen molar-refractivity contribution in [2.24, 2.45) is 0 Å². The number of aryl methyl sites for hydroxylation is 1. The van der Waals surface area contributed by atoms with Crippen molar-refractivity contribution in [2.45, 2.75) is 32.2 Å². The molecule has 0 saturated heterocycles. The normalized spacial score (nSPS) is 10.9. The summed E-state index contributed by atoms with van der Waals surface area (Å²) < 4.78 is 2.39. The smallest absolute Gasteiger partial charge is 0.335 e. The van der Waals surface area contributed by atoms with Crippen molar-refractivity contribution in [2.75, 3.05) is 6.54 Å². The van der Waals surface area contributed by atoms with Crippen LogP contribution < -0.4 is 10.9 Å². The van der Waals surface area contributed by atoms with Crippen LogP contribution in [0.2, 0.25) is 0 Å². The number of hydrogen-bond acceptors (Lipinski definition) is 4. The van der Waals surface area contributed by atoms with Gasteiger partial charge in [0, 0.05) is 18.7 Å². The van der Waals surface area contributed by atoms with Crippen molar-refractivity contribution in [3.63, 3.8) is 0 Å². The molecule has 1 aromatic heterocycles. The summed E-state index contributed by atoms with van der Waals surface area (Å²) in [7, 11) is 0. The van der Waals surface area contributed by atoms with Gasteiger partial charge in [0.2, 0.25) is 0 Å². The van der Waals surface area contributed by atoms with Crippen LogP contribution in [0.25, 0.3) is 10.1 Å². The molecular weight excluding hydrogens is 376 g/mol. The Kier molecular flexibility index (Phi) is 6.60. The molecule has 28 heavy (non-hydrogen) atoms. The van der Waals surface area contributed by atoms with Gasteiger partial charge in [-0.1, -0.05) is 42.6 Å². The highest BCUT2D eigenvalue weighted by Crippen LogP contribution is 2.19. The predicted octanol–water partition coefficient (Wildman–Crippen LogP) is 3.75. The van der Waals surface area contributed by atoms with Crippen molar-refractivity contribution in [3.05, 3.63) is 70.0 Å². The minimum Gasteiger partial charge on any atom is -0.478 e. The first-order valence-corrected chi connectivity index (χ1v) is 10.0. The van der Waals surface area contributed by atoms with Gasteiger partial charge in [0.05, 0.1) is 15.6 Å². The number of aromatic carboxylic acids is 1. The van der Waals surface area contributed by atoms with E-state index in [0.717, 1.165) is 25.7 Å². The summed E-state index contributed by atoms with van der Waals surface area (Å²) in [4.78, 5) is 35.3. The number of amides is 1. The largest absolute Gasteiger partial charge is 0.478 e. The Bertz CT molecular complexity index is 1020. The Morgan fingerprint density at radius 3 is 2.46 bits per heavy atom. The number of rotatable bonds is 9. The predicted molar refractivity (Wildman–Crippen MR) is 110 cm³/mol. The lowest BCUT2D eigenvalue weighted by atomic mass is 10.2. The Morgan fingerprint density at radius 2 is 1.71 bits per heavy atom. The number of carboxylic acid groups (broad SMARTS) is 1. The molecule has 2 N–H and O–H groups in total. The third-order valence-electron chi connectivity index (χ3n) is 4.50. The zero-order chi connectivity index (χ0) is 19.9. The Hall–Kier alpha value is -2.93. The van der Waals surface area contributed by atoms with E-state index in [1.165, 1.54) is 17.6 Å². The molecule has 0 saturated carbocycles. The number of nitrogens with one attached hydrogen (secondary N) is 1. The van der Waals surface area contributed by atoms with Crippen LogP contribution in [-0.4, -0.2) is 27.5 Å². The van der Waals surface area contributed by atoms with Crippen LogP contribution in [0.4, 0.5) is 0 Å². The highest BCUT2D eigenvalue weighted by molar-refractivity contribution is 7.13. The van der Waals surface area contributed by atoms with Crippen LogP contribution in [0.3, 0.4) is 0 Å². The molecule has 2 aromatic carbocycles. The second-order valence-electron chi connectivity index (χ2n) is 6.55. The number of aromatic nitrogens is 1. The van der Waals surface area contributed by atoms with Gasteiger partial charge in [-0.2, -0.15) is 0 Å². The molecule has 0 fully saturated rings. The molecule has 1 amide bonds. The van der Waals surface area contributed by atoms with E-state index in [-0.39, 0.29) is 17.0 Å². The van der Waals surface area contributed by atoms with Gasteiger partial charge in [-0.25, -0.2) is 4.79 Å². The van der Waals surface area contributed by atoms with Crippen molar-refractivity contribution in [3.8, 4) is 0 Å². The molecule has 6 nitrogen and oxygen atoms in total. The molecular formula is C21H22N2O4S. The first-order valence-electron chi connectivity index (χ1n) is 9.26. The second-order valence-corrected chi connectivity index (χ2v) is 7.61. The number of carboxylic acids is 1. The Morgan fingerprint density at radius 1 is 0.964 bits per heavy atom. The molecule has 0 spiro atoms. The van der Waals surface area contributed by atoms with Gasteiger partial charge < -0.3 is 10.4 Å². The minimum absolute atomic E-state index is 0.0573. The fourth-order valence-electron chi connectivity index (χ4n) is 2.98. The number of nitrogens with zero attached hydrogens (tertiary/aromatic N) is 1. The zero-order valence-corrected chi connectivity index (χ0v) is 16.2. The average molecular weight is 398 g/mol. The van der Waals surface area contributed by atoms with Crippen molar-refractivity contribution >= 4 is 33.5 Å². The number of unbranched alkanes of at least 4 members (excludes halogenated alkanes) is 3. The van der Waals surface area contributed by atoms with Gasteiger partial charge in [0.25, 0.3) is 11.5 Å². The molecule has 0 unspecified atom stereocenters. The van der Waals surface area contributed by atoms with E-state index in [1.54, 1.807) is 28.2 Å². The third-order valence-corrected chi connectivity index (χ3v) is 5.61. The number of carbonyl (C=O) groups excluding carboxylic acids is 1. The first kappa shape index (κ1) is 19.8. The van der Waals surface area contributed by atoms with E-state index in [1.807, 2.05) is 18.2 Å². The van der Waals surface area contributed by atoms with Gasteiger partial charge in [-0.15, -0.1) is 0 Å². The van der Waals surface area contributed by atoms with Crippen LogP contribution >= 0.6 is 11.5 Å². The Balaban J connectivity index is 1.41. The summed E-state index contributed by atoms with van der Waals surface area (Å²) in [5.74, 6) is -1.05. The van der Waals surface area contributed by atoms with E-state index in [4.69, 9.17) is 5.11 Å². The molecule has 146 valence electrons. The summed E-state index contributed by atoms with van der Waals surface area (Å²) in [6.07, 6.45) is 3.69. The van der Waals surface area contributed by atoms with Crippen LogP contribution in [0.15, 0.2) is 53.3 Å². The van der Waals surface area contributed by atoms with Gasteiger partial charge in [0.15, 0.2) is 0 Å². The lowest BCUT2D eigenvalue weighted by Gasteiger charge is -2.05. The highest BCUT2D eigenvalue weighted by Gasteiger charge is 2.10. The number of fused-ring (bicyclic) bond motifs is 1. The van der Waals surface area contributed by atoms with Gasteiger partial charge in [-0.3, -0.25) is 13.5 Å². The maximum absolute atomic E-state index is 12.4. The Labute approximate surface area is 166 Å². The monoisotopic (exact) mass is 398 g/mol. The molecule has 0 atom stereocenters. The van der Waals surface area contributed by atoms with Crippen molar-refractivity contribution in [1.82, 2.24) is 9.27 Å². The van der Waals surface area contributed by atoms with Crippen LogP contribution in [-0.2, 0) is 6.54 Å². The van der Waals surface area contributed by atoms with Crippen LogP contribution in [0.5, 0.6) is 0 Å². The van der Waals surface area contributed by atoms with Crippen molar-refractivity contribution < 1.29 is 14.7 Å². The quantitative estimate of drug-likeness (QED) is 0.537. The maximum Gasteiger partial charge on any atom is 0.335 e. The van der Waals surface area contributed by atoms with E-state index in [9.17, 15) is 14.4 Å². The number of carbonyl (C=O) groups is 2. The first-order chi connectivity index (χ1) is 13.6. The fraction of sp³-hybridized carbons (Fsp3) is 0.286. The summed E-state index contributed by atoms with van der Waals surface area (Å²) in [5.41, 5.74) is 0.795.